The van der Waals surface area contributed by atoms with Crippen LogP contribution in [0.2, 0.25) is 0 Å². The van der Waals surface area contributed by atoms with Crippen molar-refractivity contribution in [3.63, 3.8) is 0 Å². The van der Waals surface area contributed by atoms with Gasteiger partial charge in [0.2, 0.25) is 10.0 Å². The molecule has 8 nitrogen and oxygen atoms in total. The summed E-state index contributed by atoms with van der Waals surface area (Å²) in [6.07, 6.45) is 5.01. The maximum atomic E-state index is 12.9. The molecule has 2 aliphatic rings. The van der Waals surface area contributed by atoms with Crippen molar-refractivity contribution in [2.75, 3.05) is 33.3 Å². The molecule has 2 fully saturated rings. The molecule has 1 aromatic heterocycles. The highest BCUT2D eigenvalue weighted by atomic mass is 32.2. The number of piperidine rings is 1. The Morgan fingerprint density at radius 1 is 1.12 bits per heavy atom. The van der Waals surface area contributed by atoms with Crippen LogP contribution in [0.1, 0.15) is 41.7 Å². The third kappa shape index (κ3) is 4.84. The van der Waals surface area contributed by atoms with Crippen LogP contribution in [0.25, 0.3) is 0 Å². The largest absolute Gasteiger partial charge is 0.496 e. The predicted molar refractivity (Wildman–Crippen MR) is 122 cm³/mol. The average molecular weight is 461 g/mol. The molecule has 2 aromatic rings. The highest BCUT2D eigenvalue weighted by Gasteiger charge is 2.30. The SMILES string of the molecule is COc1ccccc1CN1CCC(NC(=O)c2cc(S(=O)(=O)N3CCCC3)cn2C)CC1. The van der Waals surface area contributed by atoms with Gasteiger partial charge in [0, 0.05) is 57.6 Å². The molecule has 0 spiro atoms. The molecule has 1 amide bonds. The molecule has 0 atom stereocenters. The van der Waals surface area contributed by atoms with E-state index in [9.17, 15) is 13.2 Å². The van der Waals surface area contributed by atoms with Crippen LogP contribution in [0, 0.1) is 0 Å². The highest BCUT2D eigenvalue weighted by molar-refractivity contribution is 7.89. The van der Waals surface area contributed by atoms with Crippen LogP contribution >= 0.6 is 0 Å². The first kappa shape index (κ1) is 22.8. The van der Waals surface area contributed by atoms with Gasteiger partial charge in [0.15, 0.2) is 0 Å². The number of carbonyl (C=O) groups is 1. The highest BCUT2D eigenvalue weighted by Crippen LogP contribution is 2.24. The van der Waals surface area contributed by atoms with Gasteiger partial charge in [-0.3, -0.25) is 9.69 Å². The second-order valence-electron chi connectivity index (χ2n) is 8.62. The Hall–Kier alpha value is -2.36. The normalized spacial score (nSPS) is 18.7. The van der Waals surface area contributed by atoms with Crippen molar-refractivity contribution in [2.24, 2.45) is 7.05 Å². The number of benzene rings is 1. The number of nitrogens with zero attached hydrogens (tertiary/aromatic N) is 3. The zero-order valence-electron chi connectivity index (χ0n) is 18.8. The lowest BCUT2D eigenvalue weighted by molar-refractivity contribution is 0.0900. The Morgan fingerprint density at radius 3 is 2.50 bits per heavy atom. The van der Waals surface area contributed by atoms with E-state index in [0.717, 1.165) is 56.6 Å². The Balaban J connectivity index is 1.34. The molecule has 3 heterocycles. The van der Waals surface area contributed by atoms with Crippen molar-refractivity contribution >= 4 is 15.9 Å². The first-order valence-electron chi connectivity index (χ1n) is 11.2. The number of rotatable bonds is 7. The van der Waals surface area contributed by atoms with Gasteiger partial charge in [-0.15, -0.1) is 0 Å². The average Bonchev–Trinajstić information content (AvgIpc) is 3.46. The smallest absolute Gasteiger partial charge is 0.268 e. The third-order valence-electron chi connectivity index (χ3n) is 6.42. The van der Waals surface area contributed by atoms with Crippen LogP contribution in [0.15, 0.2) is 41.4 Å². The lowest BCUT2D eigenvalue weighted by Gasteiger charge is -2.32. The maximum Gasteiger partial charge on any atom is 0.268 e. The van der Waals surface area contributed by atoms with Crippen LogP contribution in [0.3, 0.4) is 0 Å². The zero-order valence-corrected chi connectivity index (χ0v) is 19.6. The Labute approximate surface area is 190 Å². The van der Waals surface area contributed by atoms with Crippen molar-refractivity contribution in [3.8, 4) is 5.75 Å². The first-order chi connectivity index (χ1) is 15.4. The molecule has 32 heavy (non-hydrogen) atoms. The molecule has 1 N–H and O–H groups in total. The van der Waals surface area contributed by atoms with Gasteiger partial charge in [0.05, 0.1) is 7.11 Å². The Bertz CT molecular complexity index is 1050. The van der Waals surface area contributed by atoms with Crippen LogP contribution in [0.4, 0.5) is 0 Å². The number of nitrogens with one attached hydrogen (secondary N) is 1. The molecule has 9 heteroatoms. The summed E-state index contributed by atoms with van der Waals surface area (Å²) in [5.41, 5.74) is 1.53. The van der Waals surface area contributed by atoms with E-state index in [2.05, 4.69) is 16.3 Å². The number of hydrogen-bond acceptors (Lipinski definition) is 5. The second-order valence-corrected chi connectivity index (χ2v) is 10.6. The van der Waals surface area contributed by atoms with Gasteiger partial charge in [0.25, 0.3) is 5.91 Å². The lowest BCUT2D eigenvalue weighted by atomic mass is 10.0. The monoisotopic (exact) mass is 460 g/mol. The number of carbonyl (C=O) groups excluding carboxylic acids is 1. The molecule has 1 aromatic carbocycles. The molecule has 4 rings (SSSR count). The van der Waals surface area contributed by atoms with Gasteiger partial charge in [-0.2, -0.15) is 4.31 Å². The fourth-order valence-corrected chi connectivity index (χ4v) is 6.14. The zero-order chi connectivity index (χ0) is 22.7. The molecule has 2 saturated heterocycles. The molecule has 0 saturated carbocycles. The topological polar surface area (TPSA) is 83.9 Å². The fourth-order valence-electron chi connectivity index (χ4n) is 4.55. The minimum absolute atomic E-state index is 0.0740. The predicted octanol–water partition coefficient (Wildman–Crippen LogP) is 2.21. The van der Waals surface area contributed by atoms with E-state index in [0.29, 0.717) is 18.8 Å². The molecular weight excluding hydrogens is 428 g/mol. The summed E-state index contributed by atoms with van der Waals surface area (Å²) in [5.74, 6) is 0.671. The minimum atomic E-state index is -3.53. The van der Waals surface area contributed by atoms with Gasteiger partial charge in [-0.25, -0.2) is 8.42 Å². The molecule has 0 radical (unpaired) electrons. The fraction of sp³-hybridized carbons (Fsp3) is 0.522. The Kier molecular flexibility index (Phi) is 6.88. The number of aryl methyl sites for hydroxylation is 1. The molecule has 0 unspecified atom stereocenters. The van der Waals surface area contributed by atoms with E-state index in [1.807, 2.05) is 18.2 Å². The number of hydrogen-bond donors (Lipinski definition) is 1. The first-order valence-corrected chi connectivity index (χ1v) is 12.6. The molecule has 2 aliphatic heterocycles. The van der Waals surface area contributed by atoms with E-state index in [4.69, 9.17) is 4.74 Å². The number of amides is 1. The summed E-state index contributed by atoms with van der Waals surface area (Å²) < 4.78 is 34.2. The van der Waals surface area contributed by atoms with Crippen LogP contribution < -0.4 is 10.1 Å². The van der Waals surface area contributed by atoms with E-state index in [1.54, 1.807) is 24.9 Å². The third-order valence-corrected chi connectivity index (χ3v) is 8.29. The standard InChI is InChI=1S/C23H32N4O4S/c1-25-17-20(32(29,30)27-11-5-6-12-27)15-21(25)23(28)24-19-9-13-26(14-10-19)16-18-7-3-4-8-22(18)31-2/h3-4,7-8,15,17,19H,5-6,9-14,16H2,1-2H3,(H,24,28). The van der Waals surface area contributed by atoms with Gasteiger partial charge in [0.1, 0.15) is 16.3 Å². The Morgan fingerprint density at radius 2 is 1.81 bits per heavy atom. The van der Waals surface area contributed by atoms with Crippen molar-refractivity contribution in [2.45, 2.75) is 43.2 Å². The summed E-state index contributed by atoms with van der Waals surface area (Å²) in [5, 5.41) is 3.10. The summed E-state index contributed by atoms with van der Waals surface area (Å²) in [6, 6.07) is 9.61. The van der Waals surface area contributed by atoms with Gasteiger partial charge in [-0.05, 0) is 37.8 Å². The van der Waals surface area contributed by atoms with Crippen molar-refractivity contribution in [1.29, 1.82) is 0 Å². The minimum Gasteiger partial charge on any atom is -0.496 e. The molecule has 0 bridgehead atoms. The number of methoxy groups -OCH3 is 1. The number of ether oxygens (including phenoxy) is 1. The number of likely N-dealkylation sites (tertiary alicyclic amines) is 1. The lowest BCUT2D eigenvalue weighted by Crippen LogP contribution is -2.44. The molecular formula is C23H32N4O4S. The van der Waals surface area contributed by atoms with Crippen molar-refractivity contribution < 1.29 is 17.9 Å². The summed E-state index contributed by atoms with van der Waals surface area (Å²) >= 11 is 0. The van der Waals surface area contributed by atoms with Crippen molar-refractivity contribution in [1.82, 2.24) is 19.1 Å². The number of para-hydroxylation sites is 1. The van der Waals surface area contributed by atoms with Crippen LogP contribution in [-0.4, -0.2) is 67.4 Å². The van der Waals surface area contributed by atoms with E-state index >= 15 is 0 Å². The van der Waals surface area contributed by atoms with Crippen molar-refractivity contribution in [3.05, 3.63) is 47.8 Å². The van der Waals surface area contributed by atoms with E-state index in [1.165, 1.54) is 10.4 Å². The number of sulfonamides is 1. The van der Waals surface area contributed by atoms with Gasteiger partial charge < -0.3 is 14.6 Å². The van der Waals surface area contributed by atoms with Crippen LogP contribution in [0.5, 0.6) is 5.75 Å². The van der Waals surface area contributed by atoms with Gasteiger partial charge in [-0.1, -0.05) is 18.2 Å². The summed E-state index contributed by atoms with van der Waals surface area (Å²) in [4.78, 5) is 15.4. The van der Waals surface area contributed by atoms with E-state index < -0.39 is 10.0 Å². The van der Waals surface area contributed by atoms with Gasteiger partial charge >= 0.3 is 0 Å². The maximum absolute atomic E-state index is 12.9. The second kappa shape index (κ2) is 9.64. The summed E-state index contributed by atoms with van der Waals surface area (Å²) in [6.45, 7) is 3.67. The van der Waals surface area contributed by atoms with Crippen LogP contribution in [-0.2, 0) is 23.6 Å². The molecule has 0 aliphatic carbocycles. The number of aromatic nitrogens is 1. The van der Waals surface area contributed by atoms with E-state index in [-0.39, 0.29) is 16.8 Å². The molecule has 174 valence electrons. The quantitative estimate of drug-likeness (QED) is 0.685. The summed E-state index contributed by atoms with van der Waals surface area (Å²) in [7, 11) is -0.132.